The largest absolute Gasteiger partial charge is 0.444 e. The molecule has 1 rings (SSSR count). The molecule has 32 heavy (non-hydrogen) atoms. The first-order chi connectivity index (χ1) is 14.8. The number of rotatable bonds is 8. The van der Waals surface area contributed by atoms with Crippen molar-refractivity contribution < 1.29 is 19.1 Å². The number of nitrogens with one attached hydrogen (secondary N) is 2. The van der Waals surface area contributed by atoms with Gasteiger partial charge in [-0.15, -0.1) is 0 Å². The number of amides is 3. The molecule has 0 saturated carbocycles. The molecule has 176 valence electrons. The first-order valence-electron chi connectivity index (χ1n) is 10.5. The number of nitrogens with zero attached hydrogens (tertiary/aromatic N) is 2. The van der Waals surface area contributed by atoms with E-state index in [9.17, 15) is 19.6 Å². The topological polar surface area (TPSA) is 112 Å². The predicted octanol–water partition coefficient (Wildman–Crippen LogP) is 3.04. The monoisotopic (exact) mass is 462 g/mol. The second-order valence-electron chi connectivity index (χ2n) is 8.88. The van der Waals surface area contributed by atoms with Crippen LogP contribution in [-0.2, 0) is 14.3 Å². The van der Waals surface area contributed by atoms with Crippen molar-refractivity contribution in [2.75, 3.05) is 12.3 Å². The zero-order valence-electron chi connectivity index (χ0n) is 19.9. The molecule has 0 bridgehead atoms. The third-order valence-corrected chi connectivity index (χ3v) is 4.87. The third-order valence-electron chi connectivity index (χ3n) is 4.50. The van der Waals surface area contributed by atoms with Gasteiger partial charge in [-0.3, -0.25) is 9.59 Å². The molecule has 0 fully saturated rings. The van der Waals surface area contributed by atoms with Gasteiger partial charge >= 0.3 is 6.09 Å². The number of nitriles is 1. The first-order valence-corrected chi connectivity index (χ1v) is 11.1. The Hall–Kier alpha value is -2.73. The minimum absolute atomic E-state index is 0.0364. The van der Waals surface area contributed by atoms with Crippen molar-refractivity contribution in [1.29, 1.82) is 5.26 Å². The minimum Gasteiger partial charge on any atom is -0.444 e. The van der Waals surface area contributed by atoms with Gasteiger partial charge in [0.15, 0.2) is 0 Å². The summed E-state index contributed by atoms with van der Waals surface area (Å²) < 4.78 is 5.24. The Morgan fingerprint density at radius 2 is 1.72 bits per heavy atom. The van der Waals surface area contributed by atoms with Crippen LogP contribution in [0.15, 0.2) is 18.2 Å². The van der Waals surface area contributed by atoms with Crippen LogP contribution < -0.4 is 10.6 Å². The van der Waals surface area contributed by atoms with Gasteiger partial charge < -0.3 is 20.3 Å². The molecule has 0 heterocycles. The Labute approximate surface area is 196 Å². The number of carbonyl (C=O) groups excluding carboxylic acids is 3. The number of benzene rings is 1. The molecule has 0 radical (unpaired) electrons. The van der Waals surface area contributed by atoms with Gasteiger partial charge in [0, 0.05) is 11.8 Å². The maximum absolute atomic E-state index is 13.5. The van der Waals surface area contributed by atoms with E-state index in [1.165, 1.54) is 4.90 Å². The van der Waals surface area contributed by atoms with E-state index in [2.05, 4.69) is 23.3 Å². The van der Waals surface area contributed by atoms with Crippen LogP contribution in [0.25, 0.3) is 0 Å². The van der Waals surface area contributed by atoms with Gasteiger partial charge in [-0.25, -0.2) is 4.79 Å². The summed E-state index contributed by atoms with van der Waals surface area (Å²) in [5, 5.41) is 14.8. The van der Waals surface area contributed by atoms with Crippen LogP contribution >= 0.6 is 12.6 Å². The summed E-state index contributed by atoms with van der Waals surface area (Å²) in [6.07, 6.45) is -0.780. The van der Waals surface area contributed by atoms with Crippen molar-refractivity contribution in [3.05, 3.63) is 34.9 Å². The lowest BCUT2D eigenvalue weighted by Gasteiger charge is -2.34. The first kappa shape index (κ1) is 27.3. The highest BCUT2D eigenvalue weighted by atomic mass is 32.1. The Kier molecular flexibility index (Phi) is 10.0. The highest BCUT2D eigenvalue weighted by molar-refractivity contribution is 7.80. The summed E-state index contributed by atoms with van der Waals surface area (Å²) in [4.78, 5) is 40.2. The summed E-state index contributed by atoms with van der Waals surface area (Å²) >= 11 is 4.21. The number of hydrogen-bond donors (Lipinski definition) is 3. The van der Waals surface area contributed by atoms with Crippen molar-refractivity contribution in [2.24, 2.45) is 0 Å². The summed E-state index contributed by atoms with van der Waals surface area (Å²) in [5.41, 5.74) is 1.52. The summed E-state index contributed by atoms with van der Waals surface area (Å²) in [6.45, 7) is 12.1. The van der Waals surface area contributed by atoms with Crippen LogP contribution in [0.1, 0.15) is 57.4 Å². The van der Waals surface area contributed by atoms with E-state index in [0.717, 1.165) is 11.1 Å². The maximum atomic E-state index is 13.5. The molecule has 9 heteroatoms. The Morgan fingerprint density at radius 1 is 1.16 bits per heavy atom. The number of aryl methyl sites for hydroxylation is 2. The summed E-state index contributed by atoms with van der Waals surface area (Å²) in [6, 6.07) is 5.23. The van der Waals surface area contributed by atoms with Crippen LogP contribution in [0.2, 0.25) is 0 Å². The van der Waals surface area contributed by atoms with E-state index in [1.807, 2.05) is 52.0 Å². The standard InChI is InChI=1S/C23H34N4O4S/c1-14(2)25-20(28)19(18-15(3)9-8-10-16(18)4)27(12-11-24)21(29)17(13-32)26-22(30)31-23(5,6)7/h8-10,14,17,19,32H,12-13H2,1-7H3,(H,25,28)(H,26,30). The van der Waals surface area contributed by atoms with Gasteiger partial charge in [0.05, 0.1) is 6.07 Å². The lowest BCUT2D eigenvalue weighted by atomic mass is 9.93. The SMILES string of the molecule is Cc1cccc(C)c1C(C(=O)NC(C)C)N(CC#N)C(=O)C(CS)NC(=O)OC(C)(C)C. The highest BCUT2D eigenvalue weighted by Gasteiger charge is 2.37. The molecule has 2 atom stereocenters. The van der Waals surface area contributed by atoms with Crippen LogP contribution in [0.5, 0.6) is 0 Å². The lowest BCUT2D eigenvalue weighted by molar-refractivity contribution is -0.141. The summed E-state index contributed by atoms with van der Waals surface area (Å²) in [7, 11) is 0. The maximum Gasteiger partial charge on any atom is 0.408 e. The van der Waals surface area contributed by atoms with Gasteiger partial charge in [-0.1, -0.05) is 18.2 Å². The number of thiol groups is 1. The normalized spacial score (nSPS) is 13.0. The van der Waals surface area contributed by atoms with Gasteiger partial charge in [-0.05, 0) is 65.2 Å². The molecule has 1 aromatic rings. The average molecular weight is 463 g/mol. The summed E-state index contributed by atoms with van der Waals surface area (Å²) in [5.74, 6) is -1.04. The predicted molar refractivity (Wildman–Crippen MR) is 126 cm³/mol. The van der Waals surface area contributed by atoms with Crippen molar-refractivity contribution in [1.82, 2.24) is 15.5 Å². The van der Waals surface area contributed by atoms with E-state index < -0.39 is 35.6 Å². The molecule has 0 aromatic heterocycles. The minimum atomic E-state index is -1.08. The molecule has 0 aliphatic rings. The molecule has 0 spiro atoms. The second-order valence-corrected chi connectivity index (χ2v) is 9.24. The van der Waals surface area contributed by atoms with Crippen LogP contribution in [0.3, 0.4) is 0 Å². The molecule has 1 aromatic carbocycles. The number of ether oxygens (including phenoxy) is 1. The fraction of sp³-hybridized carbons (Fsp3) is 0.565. The third kappa shape index (κ3) is 7.75. The van der Waals surface area contributed by atoms with Gasteiger partial charge in [0.2, 0.25) is 11.8 Å². The molecule has 0 saturated heterocycles. The second kappa shape index (κ2) is 11.8. The van der Waals surface area contributed by atoms with Gasteiger partial charge in [-0.2, -0.15) is 17.9 Å². The van der Waals surface area contributed by atoms with Crippen LogP contribution in [0, 0.1) is 25.2 Å². The lowest BCUT2D eigenvalue weighted by Crippen LogP contribution is -2.54. The van der Waals surface area contributed by atoms with E-state index in [1.54, 1.807) is 20.8 Å². The Bertz CT molecular complexity index is 853. The Balaban J connectivity index is 3.44. The number of hydrogen-bond acceptors (Lipinski definition) is 6. The van der Waals surface area contributed by atoms with Gasteiger partial charge in [0.1, 0.15) is 24.2 Å². The average Bonchev–Trinajstić information content (AvgIpc) is 2.65. The van der Waals surface area contributed by atoms with Gasteiger partial charge in [0.25, 0.3) is 0 Å². The van der Waals surface area contributed by atoms with E-state index >= 15 is 0 Å². The molecule has 2 unspecified atom stereocenters. The zero-order valence-corrected chi connectivity index (χ0v) is 20.7. The Morgan fingerprint density at radius 3 is 2.16 bits per heavy atom. The molecule has 0 aliphatic heterocycles. The van der Waals surface area contributed by atoms with Crippen molar-refractivity contribution in [3.8, 4) is 6.07 Å². The molecule has 8 nitrogen and oxygen atoms in total. The molecule has 2 N–H and O–H groups in total. The van der Waals surface area contributed by atoms with Crippen molar-refractivity contribution >= 4 is 30.5 Å². The van der Waals surface area contributed by atoms with E-state index in [-0.39, 0.29) is 18.3 Å². The molecule has 3 amide bonds. The van der Waals surface area contributed by atoms with E-state index in [4.69, 9.17) is 4.74 Å². The number of alkyl carbamates (subject to hydrolysis) is 1. The number of carbonyl (C=O) groups is 3. The van der Waals surface area contributed by atoms with Crippen LogP contribution in [0.4, 0.5) is 4.79 Å². The molecule has 0 aliphatic carbocycles. The highest BCUT2D eigenvalue weighted by Crippen LogP contribution is 2.28. The van der Waals surface area contributed by atoms with Crippen molar-refractivity contribution in [3.63, 3.8) is 0 Å². The fourth-order valence-corrected chi connectivity index (χ4v) is 3.51. The van der Waals surface area contributed by atoms with E-state index in [0.29, 0.717) is 5.56 Å². The molecular formula is C23H34N4O4S. The fourth-order valence-electron chi connectivity index (χ4n) is 3.26. The molecular weight excluding hydrogens is 428 g/mol. The smallest absolute Gasteiger partial charge is 0.408 e. The quantitative estimate of drug-likeness (QED) is 0.406. The zero-order chi connectivity index (χ0) is 24.6. The van der Waals surface area contributed by atoms with Crippen molar-refractivity contribution in [2.45, 2.75) is 72.2 Å². The van der Waals surface area contributed by atoms with Crippen LogP contribution in [-0.4, -0.2) is 52.8 Å².